The maximum Gasteiger partial charge on any atom is 0.0943 e. The number of rotatable bonds is 0. The first-order valence-corrected chi connectivity index (χ1v) is 4.86. The van der Waals surface area contributed by atoms with Crippen LogP contribution in [-0.2, 0) is 0 Å². The second-order valence-electron chi connectivity index (χ2n) is 3.57. The van der Waals surface area contributed by atoms with Gasteiger partial charge in [-0.1, -0.05) is 18.7 Å². The van der Waals surface area contributed by atoms with Crippen LogP contribution >= 0.6 is 0 Å². The van der Waals surface area contributed by atoms with Crippen molar-refractivity contribution in [1.29, 1.82) is 0 Å². The molecule has 15 heavy (non-hydrogen) atoms. The third-order valence-corrected chi connectivity index (χ3v) is 2.61. The summed E-state index contributed by atoms with van der Waals surface area (Å²) in [6.07, 6.45) is 7.76. The average Bonchev–Trinajstić information content (AvgIpc) is 2.30. The van der Waals surface area contributed by atoms with Crippen molar-refractivity contribution in [3.8, 4) is 0 Å². The van der Waals surface area contributed by atoms with Gasteiger partial charge in [-0.05, 0) is 23.4 Å². The Morgan fingerprint density at radius 3 is 3.20 bits per heavy atom. The van der Waals surface area contributed by atoms with Gasteiger partial charge in [0.1, 0.15) is 0 Å². The molecule has 0 aliphatic carbocycles. The average molecular weight is 194 g/mol. The summed E-state index contributed by atoms with van der Waals surface area (Å²) < 4.78 is 0. The molecule has 2 aromatic rings. The first-order valence-electron chi connectivity index (χ1n) is 4.86. The molecule has 0 radical (unpaired) electrons. The van der Waals surface area contributed by atoms with E-state index in [1.54, 1.807) is 0 Å². The summed E-state index contributed by atoms with van der Waals surface area (Å²) in [4.78, 5) is 4.39. The van der Waals surface area contributed by atoms with Gasteiger partial charge in [-0.25, -0.2) is 0 Å². The number of hydrogen-bond acceptors (Lipinski definition) is 2. The van der Waals surface area contributed by atoms with Crippen molar-refractivity contribution in [3.05, 3.63) is 47.1 Å². The second kappa shape index (κ2) is 2.95. The fourth-order valence-electron chi connectivity index (χ4n) is 1.91. The number of fused-ring (bicyclic) bond motifs is 3. The van der Waals surface area contributed by atoms with Crippen LogP contribution in [0.2, 0.25) is 0 Å². The van der Waals surface area contributed by atoms with Crippen LogP contribution in [0.15, 0.2) is 36.7 Å². The highest BCUT2D eigenvalue weighted by molar-refractivity contribution is 5.92. The molecule has 1 aromatic heterocycles. The van der Waals surface area contributed by atoms with E-state index in [1.165, 1.54) is 0 Å². The number of hydrogen-bond donors (Lipinski definition) is 1. The summed E-state index contributed by atoms with van der Waals surface area (Å²) in [5, 5.41) is 6.51. The van der Waals surface area contributed by atoms with Crippen molar-refractivity contribution < 1.29 is 0 Å². The molecule has 0 saturated heterocycles. The standard InChI is InChI=1S/C13H10N2/c1-9-8-10-4-2-6-14-12(10)13-11(9)5-3-7-15-13/h2-8,15H,1H2. The van der Waals surface area contributed by atoms with Crippen molar-refractivity contribution in [1.82, 2.24) is 4.98 Å². The lowest BCUT2D eigenvalue weighted by Crippen LogP contribution is -2.27. The fraction of sp³-hybridized carbons (Fsp3) is 0. The number of benzene rings is 1. The van der Waals surface area contributed by atoms with E-state index in [0.29, 0.717) is 0 Å². The molecule has 0 saturated carbocycles. The highest BCUT2D eigenvalue weighted by Gasteiger charge is 2.05. The van der Waals surface area contributed by atoms with E-state index in [9.17, 15) is 0 Å². The van der Waals surface area contributed by atoms with Crippen LogP contribution in [0.3, 0.4) is 0 Å². The van der Waals surface area contributed by atoms with Gasteiger partial charge in [0, 0.05) is 23.0 Å². The molecule has 2 nitrogen and oxygen atoms in total. The summed E-state index contributed by atoms with van der Waals surface area (Å²) in [6.45, 7) is 4.05. The molecule has 72 valence electrons. The molecule has 2 heteroatoms. The summed E-state index contributed by atoms with van der Waals surface area (Å²) >= 11 is 0. The summed E-state index contributed by atoms with van der Waals surface area (Å²) in [5.41, 5.74) is 2.06. The van der Waals surface area contributed by atoms with Gasteiger partial charge >= 0.3 is 0 Å². The highest BCUT2D eigenvalue weighted by Crippen LogP contribution is 2.16. The molecular weight excluding hydrogens is 184 g/mol. The summed E-state index contributed by atoms with van der Waals surface area (Å²) in [5.74, 6) is 0. The Labute approximate surface area is 87.3 Å². The molecule has 0 fully saturated rings. The van der Waals surface area contributed by atoms with E-state index in [1.807, 2.05) is 24.5 Å². The Kier molecular flexibility index (Phi) is 1.62. The number of anilines is 1. The largest absolute Gasteiger partial charge is 0.359 e. The molecule has 1 N–H and O–H groups in total. The molecule has 0 bridgehead atoms. The van der Waals surface area contributed by atoms with Crippen LogP contribution < -0.4 is 15.8 Å². The predicted octanol–water partition coefficient (Wildman–Crippen LogP) is 1.36. The molecule has 1 aliphatic heterocycles. The van der Waals surface area contributed by atoms with Crippen LogP contribution in [0.1, 0.15) is 0 Å². The van der Waals surface area contributed by atoms with Gasteiger partial charge in [-0.3, -0.25) is 4.98 Å². The minimum atomic E-state index is 1.00. The topological polar surface area (TPSA) is 24.9 Å². The normalized spacial score (nSPS) is 13.1. The third kappa shape index (κ3) is 1.15. The van der Waals surface area contributed by atoms with Crippen LogP contribution in [0, 0.1) is 0 Å². The Hall–Kier alpha value is -2.09. The zero-order valence-electron chi connectivity index (χ0n) is 8.20. The van der Waals surface area contributed by atoms with Gasteiger partial charge in [0.25, 0.3) is 0 Å². The van der Waals surface area contributed by atoms with Gasteiger partial charge in [-0.2, -0.15) is 0 Å². The van der Waals surface area contributed by atoms with Crippen LogP contribution in [0.25, 0.3) is 23.6 Å². The fourth-order valence-corrected chi connectivity index (χ4v) is 1.91. The lowest BCUT2D eigenvalue weighted by Gasteiger charge is -2.09. The SMILES string of the molecule is C=c1cc2cccnc2c2c1=CC=CN2. The van der Waals surface area contributed by atoms with E-state index >= 15 is 0 Å². The minimum Gasteiger partial charge on any atom is -0.359 e. The first kappa shape index (κ1) is 8.24. The van der Waals surface area contributed by atoms with Gasteiger partial charge in [-0.15, -0.1) is 0 Å². The highest BCUT2D eigenvalue weighted by atomic mass is 14.9. The van der Waals surface area contributed by atoms with Gasteiger partial charge < -0.3 is 5.32 Å². The Bertz CT molecular complexity index is 669. The van der Waals surface area contributed by atoms with E-state index in [4.69, 9.17) is 0 Å². The Morgan fingerprint density at radius 2 is 2.27 bits per heavy atom. The predicted molar refractivity (Wildman–Crippen MR) is 63.7 cm³/mol. The third-order valence-electron chi connectivity index (χ3n) is 2.61. The Morgan fingerprint density at radius 1 is 1.33 bits per heavy atom. The zero-order chi connectivity index (χ0) is 10.3. The van der Waals surface area contributed by atoms with Crippen molar-refractivity contribution in [2.24, 2.45) is 0 Å². The first-order chi connectivity index (χ1) is 7.36. The van der Waals surface area contributed by atoms with E-state index in [-0.39, 0.29) is 0 Å². The maximum absolute atomic E-state index is 4.39. The van der Waals surface area contributed by atoms with E-state index in [2.05, 4.69) is 35.1 Å². The molecule has 2 heterocycles. The van der Waals surface area contributed by atoms with Crippen LogP contribution in [0.5, 0.6) is 0 Å². The van der Waals surface area contributed by atoms with E-state index < -0.39 is 0 Å². The number of allylic oxidation sites excluding steroid dienone is 1. The second-order valence-corrected chi connectivity index (χ2v) is 3.57. The van der Waals surface area contributed by atoms with Gasteiger partial charge in [0.2, 0.25) is 0 Å². The summed E-state index contributed by atoms with van der Waals surface area (Å²) in [6, 6.07) is 6.06. The molecule has 0 amide bonds. The molecule has 0 unspecified atom stereocenters. The molecule has 1 aliphatic rings. The molecule has 1 aromatic carbocycles. The number of aromatic nitrogens is 1. The van der Waals surface area contributed by atoms with Crippen molar-refractivity contribution in [3.63, 3.8) is 0 Å². The number of nitrogens with one attached hydrogen (secondary N) is 1. The smallest absolute Gasteiger partial charge is 0.0943 e. The quantitative estimate of drug-likeness (QED) is 0.685. The van der Waals surface area contributed by atoms with Crippen molar-refractivity contribution in [2.75, 3.05) is 5.32 Å². The van der Waals surface area contributed by atoms with Crippen molar-refractivity contribution >= 4 is 29.2 Å². The lowest BCUT2D eigenvalue weighted by molar-refractivity contribution is 1.38. The molecule has 3 rings (SSSR count). The molecular formula is C13H10N2. The van der Waals surface area contributed by atoms with Crippen molar-refractivity contribution in [2.45, 2.75) is 0 Å². The van der Waals surface area contributed by atoms with Gasteiger partial charge in [0.05, 0.1) is 11.2 Å². The molecule has 0 atom stereocenters. The lowest BCUT2D eigenvalue weighted by atomic mass is 10.1. The number of nitrogens with zero attached hydrogens (tertiary/aromatic N) is 1. The van der Waals surface area contributed by atoms with E-state index in [0.717, 1.165) is 27.0 Å². The summed E-state index contributed by atoms with van der Waals surface area (Å²) in [7, 11) is 0. The maximum atomic E-state index is 4.39. The monoisotopic (exact) mass is 194 g/mol. The number of pyridine rings is 1. The zero-order valence-corrected chi connectivity index (χ0v) is 8.20. The van der Waals surface area contributed by atoms with Crippen LogP contribution in [0.4, 0.5) is 5.69 Å². The minimum absolute atomic E-state index is 1.00. The Balaban J connectivity index is 2.60. The van der Waals surface area contributed by atoms with Gasteiger partial charge in [0.15, 0.2) is 0 Å². The van der Waals surface area contributed by atoms with Crippen LogP contribution in [-0.4, -0.2) is 4.98 Å². The molecule has 0 spiro atoms.